The Bertz CT molecular complexity index is 1350. The van der Waals surface area contributed by atoms with Crippen molar-refractivity contribution < 1.29 is 27.4 Å². The number of aromatic nitrogens is 3. The van der Waals surface area contributed by atoms with Gasteiger partial charge in [-0.15, -0.1) is 0 Å². The van der Waals surface area contributed by atoms with Gasteiger partial charge in [-0.05, 0) is 44.4 Å². The van der Waals surface area contributed by atoms with Crippen LogP contribution in [-0.4, -0.2) is 33.0 Å². The average molecular weight is 513 g/mol. The lowest BCUT2D eigenvalue weighted by Crippen LogP contribution is -2.18. The summed E-state index contributed by atoms with van der Waals surface area (Å²) in [5, 5.41) is 2.63. The van der Waals surface area contributed by atoms with E-state index in [9.17, 15) is 18.0 Å². The first kappa shape index (κ1) is 26.2. The second-order valence-electron chi connectivity index (χ2n) is 8.72. The molecule has 0 spiro atoms. The molecule has 0 saturated heterocycles. The summed E-state index contributed by atoms with van der Waals surface area (Å²) in [5.41, 5.74) is 1.37. The van der Waals surface area contributed by atoms with Gasteiger partial charge in [0.05, 0.1) is 18.4 Å². The van der Waals surface area contributed by atoms with Gasteiger partial charge < -0.3 is 19.2 Å². The molecule has 0 atom stereocenters. The summed E-state index contributed by atoms with van der Waals surface area (Å²) in [7, 11) is 0. The van der Waals surface area contributed by atoms with Gasteiger partial charge in [0.15, 0.2) is 0 Å². The fraction of sp³-hybridized carbons (Fsp3) is 0.296. The van der Waals surface area contributed by atoms with Crippen LogP contribution in [-0.2, 0) is 23.9 Å². The van der Waals surface area contributed by atoms with Crippen LogP contribution in [0.2, 0.25) is 0 Å². The third-order valence-corrected chi connectivity index (χ3v) is 5.32. The van der Waals surface area contributed by atoms with Gasteiger partial charge in [0, 0.05) is 25.1 Å². The van der Waals surface area contributed by atoms with Crippen LogP contribution < -0.4 is 10.1 Å². The van der Waals surface area contributed by atoms with Gasteiger partial charge >= 0.3 is 6.18 Å². The second kappa shape index (κ2) is 11.4. The number of fused-ring (bicyclic) bond motifs is 1. The average Bonchev–Trinajstić information content (AvgIpc) is 3.25. The molecule has 0 radical (unpaired) electrons. The highest BCUT2D eigenvalue weighted by atomic mass is 19.4. The number of benzene rings is 1. The highest BCUT2D eigenvalue weighted by Crippen LogP contribution is 2.30. The lowest BCUT2D eigenvalue weighted by Gasteiger charge is -2.15. The number of carbonyl (C=O) groups is 1. The van der Waals surface area contributed by atoms with E-state index in [1.54, 1.807) is 16.7 Å². The zero-order valence-electron chi connectivity index (χ0n) is 20.5. The number of hydrogen-bond acceptors (Lipinski definition) is 5. The summed E-state index contributed by atoms with van der Waals surface area (Å²) in [4.78, 5) is 20.8. The molecule has 4 aromatic rings. The summed E-state index contributed by atoms with van der Waals surface area (Å²) >= 11 is 0. The maximum atomic E-state index is 13.0. The largest absolute Gasteiger partial charge is 0.489 e. The lowest BCUT2D eigenvalue weighted by atomic mass is 10.2. The molecule has 1 aromatic carbocycles. The quantitative estimate of drug-likeness (QED) is 0.266. The molecule has 0 fully saturated rings. The number of rotatable bonds is 10. The normalized spacial score (nSPS) is 11.7. The van der Waals surface area contributed by atoms with Crippen LogP contribution in [0.15, 0.2) is 67.0 Å². The van der Waals surface area contributed by atoms with Crippen LogP contribution in [0.1, 0.15) is 47.7 Å². The molecular formula is C27H27F3N4O3. The Hall–Kier alpha value is -3.92. The van der Waals surface area contributed by atoms with Crippen LogP contribution in [0.3, 0.4) is 0 Å². The maximum Gasteiger partial charge on any atom is 0.433 e. The predicted molar refractivity (Wildman–Crippen MR) is 133 cm³/mol. The van der Waals surface area contributed by atoms with Crippen molar-refractivity contribution in [3.8, 4) is 5.75 Å². The van der Waals surface area contributed by atoms with Crippen LogP contribution >= 0.6 is 0 Å². The molecule has 37 heavy (non-hydrogen) atoms. The molecular weight excluding hydrogens is 485 g/mol. The van der Waals surface area contributed by atoms with Crippen LogP contribution in [0.25, 0.3) is 5.65 Å². The number of nitrogens with zero attached hydrogens (tertiary/aromatic N) is 3. The third kappa shape index (κ3) is 7.07. The van der Waals surface area contributed by atoms with Crippen molar-refractivity contribution in [3.05, 3.63) is 89.6 Å². The van der Waals surface area contributed by atoms with E-state index in [0.29, 0.717) is 36.7 Å². The summed E-state index contributed by atoms with van der Waals surface area (Å²) in [5.74, 6) is -0.430. The molecule has 0 unspecified atom stereocenters. The molecule has 1 amide bonds. The fourth-order valence-electron chi connectivity index (χ4n) is 3.66. The van der Waals surface area contributed by atoms with Crippen molar-refractivity contribution in [2.24, 2.45) is 0 Å². The number of anilines is 1. The van der Waals surface area contributed by atoms with Gasteiger partial charge in [0.2, 0.25) is 0 Å². The Morgan fingerprint density at radius 3 is 2.57 bits per heavy atom. The van der Waals surface area contributed by atoms with Crippen molar-refractivity contribution in [2.75, 3.05) is 11.9 Å². The molecule has 0 bridgehead atoms. The number of imidazole rings is 1. The summed E-state index contributed by atoms with van der Waals surface area (Å²) in [6, 6.07) is 14.8. The van der Waals surface area contributed by atoms with E-state index in [2.05, 4.69) is 15.3 Å². The Labute approximate surface area is 212 Å². The number of nitrogens with one attached hydrogen (secondary N) is 1. The van der Waals surface area contributed by atoms with E-state index in [0.717, 1.165) is 29.8 Å². The maximum absolute atomic E-state index is 13.0. The fourth-order valence-corrected chi connectivity index (χ4v) is 3.66. The molecule has 1 N–H and O–H groups in total. The number of carbonyl (C=O) groups excluding carboxylic acids is 1. The van der Waals surface area contributed by atoms with Crippen LogP contribution in [0.4, 0.5) is 18.9 Å². The van der Waals surface area contributed by atoms with Gasteiger partial charge in [-0.2, -0.15) is 13.2 Å². The van der Waals surface area contributed by atoms with E-state index in [-0.39, 0.29) is 11.8 Å². The standard InChI is InChI=1S/C27H27F3N4O3/c1-18(2)37-23-14-25-31-20(10-7-13-36-17-19-8-4-3-5-9-19)15-34(25)16-22(23)33-26(35)21-11-6-12-24(32-21)27(28,29)30/h3-6,8-9,11-12,14-16,18H,7,10,13,17H2,1-2H3,(H,33,35). The molecule has 3 aromatic heterocycles. The topological polar surface area (TPSA) is 77.8 Å². The molecule has 10 heteroatoms. The second-order valence-corrected chi connectivity index (χ2v) is 8.72. The van der Waals surface area contributed by atoms with E-state index < -0.39 is 17.8 Å². The summed E-state index contributed by atoms with van der Waals surface area (Å²) < 4.78 is 52.4. The monoisotopic (exact) mass is 512 g/mol. The van der Waals surface area contributed by atoms with Crippen molar-refractivity contribution in [2.45, 2.75) is 45.6 Å². The Balaban J connectivity index is 1.46. The van der Waals surface area contributed by atoms with E-state index in [4.69, 9.17) is 9.47 Å². The van der Waals surface area contributed by atoms with Crippen molar-refractivity contribution in [1.29, 1.82) is 0 Å². The summed E-state index contributed by atoms with van der Waals surface area (Å²) in [6.07, 6.45) is 0.0657. The van der Waals surface area contributed by atoms with Crippen molar-refractivity contribution >= 4 is 17.2 Å². The Morgan fingerprint density at radius 1 is 1.05 bits per heavy atom. The number of pyridine rings is 2. The Morgan fingerprint density at radius 2 is 1.84 bits per heavy atom. The number of alkyl halides is 3. The van der Waals surface area contributed by atoms with Crippen LogP contribution in [0, 0.1) is 0 Å². The predicted octanol–water partition coefficient (Wildman–Crippen LogP) is 5.94. The number of amides is 1. The van der Waals surface area contributed by atoms with Gasteiger partial charge in [-0.1, -0.05) is 36.4 Å². The zero-order valence-corrected chi connectivity index (χ0v) is 20.5. The number of aryl methyl sites for hydroxylation is 1. The molecule has 4 rings (SSSR count). The van der Waals surface area contributed by atoms with Crippen LogP contribution in [0.5, 0.6) is 5.75 Å². The van der Waals surface area contributed by atoms with E-state index in [1.165, 1.54) is 6.07 Å². The molecule has 7 nitrogen and oxygen atoms in total. The molecule has 0 aliphatic carbocycles. The highest BCUT2D eigenvalue weighted by molar-refractivity contribution is 6.03. The molecule has 194 valence electrons. The SMILES string of the molecule is CC(C)Oc1cc2nc(CCCOCc3ccccc3)cn2cc1NC(=O)c1cccc(C(F)(F)F)n1. The smallest absolute Gasteiger partial charge is 0.433 e. The van der Waals surface area contributed by atoms with Gasteiger partial charge in [-0.3, -0.25) is 4.79 Å². The van der Waals surface area contributed by atoms with E-state index in [1.807, 2.05) is 50.4 Å². The minimum atomic E-state index is -4.65. The third-order valence-electron chi connectivity index (χ3n) is 5.32. The molecule has 3 heterocycles. The number of ether oxygens (including phenoxy) is 2. The minimum Gasteiger partial charge on any atom is -0.489 e. The van der Waals surface area contributed by atoms with Crippen molar-refractivity contribution in [1.82, 2.24) is 14.4 Å². The van der Waals surface area contributed by atoms with Gasteiger partial charge in [0.25, 0.3) is 5.91 Å². The van der Waals surface area contributed by atoms with Gasteiger partial charge in [-0.25, -0.2) is 9.97 Å². The molecule has 0 saturated carbocycles. The lowest BCUT2D eigenvalue weighted by molar-refractivity contribution is -0.141. The Kier molecular flexibility index (Phi) is 8.08. The first-order valence-electron chi connectivity index (χ1n) is 11.8. The summed E-state index contributed by atoms with van der Waals surface area (Å²) in [6.45, 7) is 4.79. The van der Waals surface area contributed by atoms with Gasteiger partial charge in [0.1, 0.15) is 28.5 Å². The first-order chi connectivity index (χ1) is 17.7. The number of halogens is 3. The minimum absolute atomic E-state index is 0.207. The van der Waals surface area contributed by atoms with E-state index >= 15 is 0 Å². The number of hydrogen-bond donors (Lipinski definition) is 1. The zero-order chi connectivity index (χ0) is 26.4. The molecule has 0 aliphatic heterocycles. The van der Waals surface area contributed by atoms with Crippen molar-refractivity contribution in [3.63, 3.8) is 0 Å². The molecule has 0 aliphatic rings. The highest BCUT2D eigenvalue weighted by Gasteiger charge is 2.33. The first-order valence-corrected chi connectivity index (χ1v) is 11.8.